The molecule has 2 aliphatic carbocycles. The van der Waals surface area contributed by atoms with Gasteiger partial charge in [0, 0.05) is 6.04 Å². The Hall–Kier alpha value is -1.40. The Bertz CT molecular complexity index is 744. The van der Waals surface area contributed by atoms with Crippen molar-refractivity contribution in [1.29, 1.82) is 0 Å². The number of carbonyl (C=O) groups excluding carboxylic acids is 1. The van der Waals surface area contributed by atoms with Gasteiger partial charge >= 0.3 is 0 Å². The molecule has 3 aliphatic rings. The molecule has 5 atom stereocenters. The molecule has 1 aliphatic heterocycles. The van der Waals surface area contributed by atoms with Crippen molar-refractivity contribution < 1.29 is 13.2 Å². The van der Waals surface area contributed by atoms with E-state index in [1.807, 2.05) is 6.07 Å². The second-order valence-corrected chi connectivity index (χ2v) is 9.22. The fourth-order valence-electron chi connectivity index (χ4n) is 4.73. The van der Waals surface area contributed by atoms with E-state index in [1.165, 1.54) is 0 Å². The molecule has 1 amide bonds. The van der Waals surface area contributed by atoms with Crippen LogP contribution < -0.4 is 11.1 Å². The maximum absolute atomic E-state index is 12.7. The zero-order valence-electron chi connectivity index (χ0n) is 12.9. The Morgan fingerprint density at radius 1 is 1.13 bits per heavy atom. The van der Waals surface area contributed by atoms with Crippen LogP contribution in [-0.4, -0.2) is 26.1 Å². The lowest BCUT2D eigenvalue weighted by molar-refractivity contribution is -0.127. The van der Waals surface area contributed by atoms with Crippen LogP contribution in [-0.2, 0) is 14.6 Å². The molecule has 5 nitrogen and oxygen atoms in total. The van der Waals surface area contributed by atoms with E-state index in [-0.39, 0.29) is 29.7 Å². The summed E-state index contributed by atoms with van der Waals surface area (Å²) in [4.78, 5) is 13.1. The van der Waals surface area contributed by atoms with Crippen LogP contribution in [0.2, 0.25) is 0 Å². The predicted molar refractivity (Wildman–Crippen MR) is 86.3 cm³/mol. The Kier molecular flexibility index (Phi) is 3.50. The first kappa shape index (κ1) is 15.1. The Labute approximate surface area is 136 Å². The molecular weight excluding hydrogens is 312 g/mol. The van der Waals surface area contributed by atoms with Crippen LogP contribution >= 0.6 is 0 Å². The summed E-state index contributed by atoms with van der Waals surface area (Å²) in [6.07, 6.45) is 3.72. The second-order valence-electron chi connectivity index (χ2n) is 7.14. The normalized spacial score (nSPS) is 37.3. The molecule has 4 rings (SSSR count). The van der Waals surface area contributed by atoms with Gasteiger partial charge in [-0.25, -0.2) is 8.42 Å². The topological polar surface area (TPSA) is 89.3 Å². The number of rotatable bonds is 2. The van der Waals surface area contributed by atoms with Gasteiger partial charge in [-0.3, -0.25) is 4.79 Å². The first-order chi connectivity index (χ1) is 11.0. The van der Waals surface area contributed by atoms with Gasteiger partial charge in [0.2, 0.25) is 5.91 Å². The summed E-state index contributed by atoms with van der Waals surface area (Å²) in [5, 5.41) is 3.09. The first-order valence-corrected chi connectivity index (χ1v) is 10.0. The molecule has 124 valence electrons. The number of carbonyl (C=O) groups is 1. The molecule has 0 saturated heterocycles. The van der Waals surface area contributed by atoms with Crippen molar-refractivity contribution in [2.45, 2.75) is 42.7 Å². The Morgan fingerprint density at radius 2 is 1.87 bits per heavy atom. The lowest BCUT2D eigenvalue weighted by Gasteiger charge is -2.31. The number of fused-ring (bicyclic) bond motifs is 3. The van der Waals surface area contributed by atoms with E-state index < -0.39 is 9.84 Å². The fourth-order valence-corrected chi connectivity index (χ4v) is 6.35. The minimum absolute atomic E-state index is 0.00352. The molecule has 0 spiro atoms. The SMILES string of the molecule is NC1C2CCC(C2)C1C(=O)NC1CCS(=O)(=O)c2ccccc21. The molecule has 1 heterocycles. The Morgan fingerprint density at radius 3 is 2.61 bits per heavy atom. The number of hydrogen-bond donors (Lipinski definition) is 2. The zero-order valence-corrected chi connectivity index (χ0v) is 13.8. The molecule has 6 heteroatoms. The van der Waals surface area contributed by atoms with Gasteiger partial charge in [-0.2, -0.15) is 0 Å². The summed E-state index contributed by atoms with van der Waals surface area (Å²) < 4.78 is 24.4. The number of amides is 1. The van der Waals surface area contributed by atoms with E-state index in [0.717, 1.165) is 19.3 Å². The van der Waals surface area contributed by atoms with Crippen molar-refractivity contribution in [3.05, 3.63) is 29.8 Å². The van der Waals surface area contributed by atoms with Crippen molar-refractivity contribution in [3.63, 3.8) is 0 Å². The van der Waals surface area contributed by atoms with E-state index in [2.05, 4.69) is 5.32 Å². The highest BCUT2D eigenvalue weighted by atomic mass is 32.2. The minimum atomic E-state index is -3.22. The van der Waals surface area contributed by atoms with Gasteiger partial charge < -0.3 is 11.1 Å². The third-order valence-electron chi connectivity index (χ3n) is 5.90. The quantitative estimate of drug-likeness (QED) is 0.855. The third kappa shape index (κ3) is 2.39. The lowest BCUT2D eigenvalue weighted by Crippen LogP contribution is -2.47. The molecule has 1 aromatic carbocycles. The summed E-state index contributed by atoms with van der Waals surface area (Å²) in [6.45, 7) is 0. The van der Waals surface area contributed by atoms with Crippen molar-refractivity contribution in [3.8, 4) is 0 Å². The highest BCUT2D eigenvalue weighted by Crippen LogP contribution is 2.48. The first-order valence-electron chi connectivity index (χ1n) is 8.35. The van der Waals surface area contributed by atoms with Crippen LogP contribution in [0.15, 0.2) is 29.2 Å². The van der Waals surface area contributed by atoms with Gasteiger partial charge in [0.25, 0.3) is 0 Å². The standard InChI is InChI=1S/C17H22N2O3S/c18-16-11-6-5-10(9-11)15(16)17(20)19-13-7-8-23(21,22)14-4-2-1-3-12(13)14/h1-4,10-11,13,15-16H,5-9,18H2,(H,19,20). The van der Waals surface area contributed by atoms with Crippen molar-refractivity contribution in [1.82, 2.24) is 5.32 Å². The number of benzene rings is 1. The summed E-state index contributed by atoms with van der Waals surface area (Å²) >= 11 is 0. The van der Waals surface area contributed by atoms with E-state index in [0.29, 0.717) is 28.7 Å². The van der Waals surface area contributed by atoms with Crippen LogP contribution in [0.1, 0.15) is 37.3 Å². The maximum atomic E-state index is 12.7. The second kappa shape index (κ2) is 5.31. The molecular formula is C17H22N2O3S. The van der Waals surface area contributed by atoms with Gasteiger partial charge in [-0.1, -0.05) is 18.2 Å². The van der Waals surface area contributed by atoms with E-state index in [4.69, 9.17) is 5.73 Å². The fraction of sp³-hybridized carbons (Fsp3) is 0.588. The highest BCUT2D eigenvalue weighted by Gasteiger charge is 2.49. The average Bonchev–Trinajstić information content (AvgIpc) is 3.11. The number of sulfone groups is 1. The van der Waals surface area contributed by atoms with Crippen LogP contribution in [0.25, 0.3) is 0 Å². The van der Waals surface area contributed by atoms with Crippen LogP contribution in [0, 0.1) is 17.8 Å². The van der Waals surface area contributed by atoms with Crippen molar-refractivity contribution in [2.75, 3.05) is 5.75 Å². The molecule has 23 heavy (non-hydrogen) atoms. The van der Waals surface area contributed by atoms with Crippen LogP contribution in [0.3, 0.4) is 0 Å². The molecule has 1 aromatic rings. The predicted octanol–water partition coefficient (Wildman–Crippen LogP) is 1.39. The molecule has 5 unspecified atom stereocenters. The molecule has 0 radical (unpaired) electrons. The maximum Gasteiger partial charge on any atom is 0.225 e. The van der Waals surface area contributed by atoms with E-state index in [1.54, 1.807) is 18.2 Å². The number of hydrogen-bond acceptors (Lipinski definition) is 4. The summed E-state index contributed by atoms with van der Waals surface area (Å²) in [6, 6.07) is 6.71. The monoisotopic (exact) mass is 334 g/mol. The molecule has 2 fully saturated rings. The van der Waals surface area contributed by atoms with Gasteiger partial charge in [-0.05, 0) is 49.1 Å². The lowest BCUT2D eigenvalue weighted by atomic mass is 9.84. The van der Waals surface area contributed by atoms with Gasteiger partial charge in [0.15, 0.2) is 9.84 Å². The van der Waals surface area contributed by atoms with Crippen molar-refractivity contribution >= 4 is 15.7 Å². The minimum Gasteiger partial charge on any atom is -0.349 e. The van der Waals surface area contributed by atoms with Crippen LogP contribution in [0.4, 0.5) is 0 Å². The highest BCUT2D eigenvalue weighted by molar-refractivity contribution is 7.91. The summed E-state index contributed by atoms with van der Waals surface area (Å²) in [5.74, 6) is 0.855. The zero-order chi connectivity index (χ0) is 16.2. The summed E-state index contributed by atoms with van der Waals surface area (Å²) in [5.41, 5.74) is 6.96. The van der Waals surface area contributed by atoms with E-state index in [9.17, 15) is 13.2 Å². The average molecular weight is 334 g/mol. The number of nitrogens with two attached hydrogens (primary N) is 1. The Balaban J connectivity index is 1.57. The van der Waals surface area contributed by atoms with Gasteiger partial charge in [0.1, 0.15) is 0 Å². The summed E-state index contributed by atoms with van der Waals surface area (Å²) in [7, 11) is -3.22. The molecule has 2 bridgehead atoms. The smallest absolute Gasteiger partial charge is 0.225 e. The molecule has 0 aromatic heterocycles. The number of nitrogens with one attached hydrogen (secondary N) is 1. The van der Waals surface area contributed by atoms with Gasteiger partial charge in [-0.15, -0.1) is 0 Å². The van der Waals surface area contributed by atoms with Crippen LogP contribution in [0.5, 0.6) is 0 Å². The van der Waals surface area contributed by atoms with Crippen molar-refractivity contribution in [2.24, 2.45) is 23.5 Å². The van der Waals surface area contributed by atoms with E-state index >= 15 is 0 Å². The van der Waals surface area contributed by atoms with Gasteiger partial charge in [0.05, 0.1) is 22.6 Å². The third-order valence-corrected chi connectivity index (χ3v) is 7.72. The largest absolute Gasteiger partial charge is 0.349 e. The molecule has 3 N–H and O–H groups in total. The molecule has 2 saturated carbocycles.